The molecule has 0 saturated heterocycles. The van der Waals surface area contributed by atoms with Crippen molar-refractivity contribution in [3.8, 4) is 0 Å². The van der Waals surface area contributed by atoms with E-state index < -0.39 is 0 Å². The van der Waals surface area contributed by atoms with E-state index in [0.29, 0.717) is 0 Å². The minimum absolute atomic E-state index is 0.959. The van der Waals surface area contributed by atoms with Crippen LogP contribution in [0.3, 0.4) is 0 Å². The molecule has 4 heteroatoms. The van der Waals surface area contributed by atoms with Gasteiger partial charge in [-0.3, -0.25) is 4.72 Å². The summed E-state index contributed by atoms with van der Waals surface area (Å²) in [7, 11) is 0. The number of nitrogens with zero attached hydrogens (tertiary/aromatic N) is 1. The molecule has 0 radical (unpaired) electrons. The molecular weight excluding hydrogens is 200 g/mol. The fourth-order valence-electron chi connectivity index (χ4n) is 0.908. The maximum Gasteiger partial charge on any atom is 0.151 e. The van der Waals surface area contributed by atoms with E-state index in [4.69, 9.17) is 12.2 Å². The quantitative estimate of drug-likeness (QED) is 0.420. The standard InChI is InChI=1S/C9H20N2S2/c1-4-7-8-10-13-9(12)11(5-2)6-3/h10H,4-8H2,1-3H3. The van der Waals surface area contributed by atoms with E-state index >= 15 is 0 Å². The molecule has 0 rings (SSSR count). The van der Waals surface area contributed by atoms with Gasteiger partial charge in [-0.05, 0) is 32.2 Å². The molecule has 0 aromatic carbocycles. The number of hydrogen-bond donors (Lipinski definition) is 1. The van der Waals surface area contributed by atoms with Gasteiger partial charge in [0, 0.05) is 19.6 Å². The Bertz CT molecular complexity index is 136. The summed E-state index contributed by atoms with van der Waals surface area (Å²) in [5.41, 5.74) is 0. The molecule has 0 heterocycles. The van der Waals surface area contributed by atoms with Gasteiger partial charge in [-0.2, -0.15) is 0 Å². The second kappa shape index (κ2) is 8.78. The topological polar surface area (TPSA) is 15.3 Å². The average molecular weight is 220 g/mol. The number of nitrogens with one attached hydrogen (secondary N) is 1. The molecule has 0 aromatic rings. The lowest BCUT2D eigenvalue weighted by atomic mass is 10.3. The summed E-state index contributed by atoms with van der Waals surface area (Å²) < 4.78 is 4.23. The van der Waals surface area contributed by atoms with Gasteiger partial charge in [-0.15, -0.1) is 0 Å². The molecule has 0 unspecified atom stereocenters. The van der Waals surface area contributed by atoms with Gasteiger partial charge in [0.05, 0.1) is 0 Å². The van der Waals surface area contributed by atoms with Crippen molar-refractivity contribution >= 4 is 28.5 Å². The van der Waals surface area contributed by atoms with E-state index in [9.17, 15) is 0 Å². The van der Waals surface area contributed by atoms with Crippen LogP contribution in [0.5, 0.6) is 0 Å². The second-order valence-electron chi connectivity index (χ2n) is 2.79. The van der Waals surface area contributed by atoms with Gasteiger partial charge in [0.25, 0.3) is 0 Å². The average Bonchev–Trinajstić information content (AvgIpc) is 2.14. The van der Waals surface area contributed by atoms with E-state index in [-0.39, 0.29) is 0 Å². The molecule has 0 saturated carbocycles. The Morgan fingerprint density at radius 2 is 1.92 bits per heavy atom. The SMILES string of the molecule is CCCCNSC(=S)N(CC)CC. The van der Waals surface area contributed by atoms with Crippen molar-refractivity contribution in [2.75, 3.05) is 19.6 Å². The maximum atomic E-state index is 5.25. The summed E-state index contributed by atoms with van der Waals surface area (Å²) in [5.74, 6) is 0. The van der Waals surface area contributed by atoms with Crippen LogP contribution in [0.4, 0.5) is 0 Å². The van der Waals surface area contributed by atoms with Crippen molar-refractivity contribution in [1.29, 1.82) is 0 Å². The molecule has 0 bridgehead atoms. The van der Waals surface area contributed by atoms with Crippen molar-refractivity contribution in [2.45, 2.75) is 33.6 Å². The van der Waals surface area contributed by atoms with Gasteiger partial charge in [-0.1, -0.05) is 25.6 Å². The fraction of sp³-hybridized carbons (Fsp3) is 0.889. The number of unbranched alkanes of at least 4 members (excludes halogenated alkanes) is 1. The molecule has 2 nitrogen and oxygen atoms in total. The Morgan fingerprint density at radius 1 is 1.31 bits per heavy atom. The summed E-state index contributed by atoms with van der Waals surface area (Å²) in [5, 5.41) is 0. The molecule has 78 valence electrons. The van der Waals surface area contributed by atoms with Gasteiger partial charge in [-0.25, -0.2) is 0 Å². The highest BCUT2D eigenvalue weighted by Gasteiger charge is 2.04. The monoisotopic (exact) mass is 220 g/mol. The van der Waals surface area contributed by atoms with E-state index in [2.05, 4.69) is 30.4 Å². The number of thiocarbonyl (C=S) groups is 1. The number of rotatable bonds is 6. The Kier molecular flexibility index (Phi) is 8.92. The lowest BCUT2D eigenvalue weighted by Crippen LogP contribution is -2.28. The first-order valence-electron chi connectivity index (χ1n) is 4.94. The van der Waals surface area contributed by atoms with Crippen LogP contribution in [-0.2, 0) is 0 Å². The normalized spacial score (nSPS) is 10.1. The van der Waals surface area contributed by atoms with Crippen LogP contribution in [0.2, 0.25) is 0 Å². The van der Waals surface area contributed by atoms with Crippen LogP contribution in [0.1, 0.15) is 33.6 Å². The van der Waals surface area contributed by atoms with Crippen molar-refractivity contribution in [3.05, 3.63) is 0 Å². The molecule has 0 spiro atoms. The molecule has 0 amide bonds. The van der Waals surface area contributed by atoms with Crippen LogP contribution in [0.25, 0.3) is 0 Å². The van der Waals surface area contributed by atoms with Crippen LogP contribution in [0, 0.1) is 0 Å². The summed E-state index contributed by atoms with van der Waals surface area (Å²) in [6.45, 7) is 9.48. The largest absolute Gasteiger partial charge is 0.357 e. The molecule has 13 heavy (non-hydrogen) atoms. The van der Waals surface area contributed by atoms with Gasteiger partial charge in [0.15, 0.2) is 4.32 Å². The minimum atomic E-state index is 0.959. The summed E-state index contributed by atoms with van der Waals surface area (Å²) in [4.78, 5) is 2.18. The van der Waals surface area contributed by atoms with Gasteiger partial charge in [0.1, 0.15) is 0 Å². The summed E-state index contributed by atoms with van der Waals surface area (Å²) in [6, 6.07) is 0. The number of hydrogen-bond acceptors (Lipinski definition) is 3. The van der Waals surface area contributed by atoms with Crippen LogP contribution < -0.4 is 4.72 Å². The molecule has 1 N–H and O–H groups in total. The minimum Gasteiger partial charge on any atom is -0.357 e. The highest BCUT2D eigenvalue weighted by molar-refractivity contribution is 8.21. The first-order valence-corrected chi connectivity index (χ1v) is 6.17. The van der Waals surface area contributed by atoms with E-state index in [1.54, 1.807) is 11.9 Å². The highest BCUT2D eigenvalue weighted by atomic mass is 32.2. The second-order valence-corrected chi connectivity index (χ2v) is 4.31. The van der Waals surface area contributed by atoms with Crippen molar-refractivity contribution in [2.24, 2.45) is 0 Å². The Morgan fingerprint density at radius 3 is 2.38 bits per heavy atom. The van der Waals surface area contributed by atoms with E-state index in [1.165, 1.54) is 12.8 Å². The molecule has 0 aliphatic carbocycles. The lowest BCUT2D eigenvalue weighted by molar-refractivity contribution is 0.482. The third-order valence-electron chi connectivity index (χ3n) is 1.81. The Balaban J connectivity index is 3.48. The highest BCUT2D eigenvalue weighted by Crippen LogP contribution is 2.04. The molecule has 0 aliphatic heterocycles. The third kappa shape index (κ3) is 6.29. The third-order valence-corrected chi connectivity index (χ3v) is 3.10. The summed E-state index contributed by atoms with van der Waals surface area (Å²) >= 11 is 6.83. The predicted octanol–water partition coefficient (Wildman–Crippen LogP) is 2.65. The molecule has 0 aliphatic rings. The van der Waals surface area contributed by atoms with Gasteiger partial charge in [0.2, 0.25) is 0 Å². The van der Waals surface area contributed by atoms with Crippen molar-refractivity contribution < 1.29 is 0 Å². The zero-order chi connectivity index (χ0) is 10.1. The van der Waals surface area contributed by atoms with Gasteiger partial charge < -0.3 is 4.90 Å². The first-order chi connectivity index (χ1) is 6.26. The molecule has 0 aromatic heterocycles. The zero-order valence-electron chi connectivity index (χ0n) is 8.80. The molecular formula is C9H20N2S2. The molecule has 0 fully saturated rings. The lowest BCUT2D eigenvalue weighted by Gasteiger charge is -2.20. The molecule has 0 atom stereocenters. The Labute approximate surface area is 91.6 Å². The maximum absolute atomic E-state index is 5.25. The smallest absolute Gasteiger partial charge is 0.151 e. The van der Waals surface area contributed by atoms with E-state index in [0.717, 1.165) is 24.0 Å². The van der Waals surface area contributed by atoms with Crippen molar-refractivity contribution in [3.63, 3.8) is 0 Å². The summed E-state index contributed by atoms with van der Waals surface area (Å²) in [6.07, 6.45) is 2.44. The Hall–Kier alpha value is 0.200. The zero-order valence-corrected chi connectivity index (χ0v) is 10.4. The predicted molar refractivity (Wildman–Crippen MR) is 66.0 cm³/mol. The van der Waals surface area contributed by atoms with Gasteiger partial charge >= 0.3 is 0 Å². The van der Waals surface area contributed by atoms with Crippen LogP contribution in [-0.4, -0.2) is 28.9 Å². The van der Waals surface area contributed by atoms with E-state index in [1.807, 2.05) is 0 Å². The fourth-order valence-corrected chi connectivity index (χ4v) is 2.10. The van der Waals surface area contributed by atoms with Crippen LogP contribution in [0.15, 0.2) is 0 Å². The van der Waals surface area contributed by atoms with Crippen molar-refractivity contribution in [1.82, 2.24) is 9.62 Å². The first kappa shape index (κ1) is 13.2. The van der Waals surface area contributed by atoms with Crippen LogP contribution >= 0.6 is 24.2 Å².